The summed E-state index contributed by atoms with van der Waals surface area (Å²) in [6.45, 7) is 2.87. The Morgan fingerprint density at radius 1 is 1.03 bits per heavy atom. The van der Waals surface area contributed by atoms with Crippen LogP contribution in [0.3, 0.4) is 0 Å². The highest BCUT2D eigenvalue weighted by molar-refractivity contribution is 5.89. The number of aromatic carboxylic acids is 1. The number of hydrogen-bond donors (Lipinski definition) is 2. The molecule has 0 aromatic heterocycles. The second-order valence-corrected chi connectivity index (χ2v) is 8.52. The van der Waals surface area contributed by atoms with Crippen LogP contribution >= 0.6 is 0 Å². The first-order chi connectivity index (χ1) is 15.1. The molecule has 1 saturated heterocycles. The van der Waals surface area contributed by atoms with Crippen LogP contribution in [-0.2, 0) is 0 Å². The molecule has 31 heavy (non-hydrogen) atoms. The predicted molar refractivity (Wildman–Crippen MR) is 122 cm³/mol. The van der Waals surface area contributed by atoms with Crippen molar-refractivity contribution in [3.63, 3.8) is 0 Å². The van der Waals surface area contributed by atoms with Gasteiger partial charge in [-0.05, 0) is 87.9 Å². The fourth-order valence-corrected chi connectivity index (χ4v) is 4.60. The molecular weight excluding hydrogens is 392 g/mol. The Kier molecular flexibility index (Phi) is 6.97. The fraction of sp³-hybridized carbons (Fsp3) is 0.480. The Hall–Kier alpha value is -2.73. The summed E-state index contributed by atoms with van der Waals surface area (Å²) in [5.74, 6) is 1.12. The molecule has 6 nitrogen and oxygen atoms in total. The van der Waals surface area contributed by atoms with E-state index in [9.17, 15) is 9.90 Å². The molecule has 6 heteroatoms. The van der Waals surface area contributed by atoms with E-state index in [1.807, 2.05) is 30.3 Å². The van der Waals surface area contributed by atoms with E-state index in [1.54, 1.807) is 19.2 Å². The second kappa shape index (κ2) is 10.1. The molecule has 1 heterocycles. The maximum absolute atomic E-state index is 11.6. The Labute approximate surface area is 184 Å². The van der Waals surface area contributed by atoms with Crippen molar-refractivity contribution in [1.82, 2.24) is 5.32 Å². The molecule has 1 aliphatic carbocycles. The summed E-state index contributed by atoms with van der Waals surface area (Å²) in [5, 5.41) is 12.9. The third kappa shape index (κ3) is 5.31. The van der Waals surface area contributed by atoms with Crippen LogP contribution in [0.15, 0.2) is 42.5 Å². The van der Waals surface area contributed by atoms with Crippen molar-refractivity contribution in [1.29, 1.82) is 0 Å². The van der Waals surface area contributed by atoms with E-state index in [0.717, 1.165) is 68.2 Å². The van der Waals surface area contributed by atoms with E-state index in [-0.39, 0.29) is 6.10 Å². The lowest BCUT2D eigenvalue weighted by Crippen LogP contribution is -2.34. The third-order valence-corrected chi connectivity index (χ3v) is 6.36. The van der Waals surface area contributed by atoms with E-state index >= 15 is 0 Å². The summed E-state index contributed by atoms with van der Waals surface area (Å²) in [6, 6.07) is 13.2. The zero-order valence-corrected chi connectivity index (χ0v) is 18.2. The van der Waals surface area contributed by atoms with Gasteiger partial charge in [-0.25, -0.2) is 4.79 Å². The van der Waals surface area contributed by atoms with E-state index < -0.39 is 5.97 Å². The number of ether oxygens (including phenoxy) is 2. The van der Waals surface area contributed by atoms with Gasteiger partial charge in [0.05, 0.1) is 18.8 Å². The molecule has 2 fully saturated rings. The smallest absolute Gasteiger partial charge is 0.335 e. The van der Waals surface area contributed by atoms with Gasteiger partial charge >= 0.3 is 5.97 Å². The molecule has 0 spiro atoms. The Bertz CT molecular complexity index is 889. The number of carbonyl (C=O) groups is 1. The van der Waals surface area contributed by atoms with Crippen molar-refractivity contribution in [2.24, 2.45) is 5.92 Å². The van der Waals surface area contributed by atoms with Crippen LogP contribution in [0.5, 0.6) is 11.5 Å². The summed E-state index contributed by atoms with van der Waals surface area (Å²) in [4.78, 5) is 13.8. The van der Waals surface area contributed by atoms with Crippen molar-refractivity contribution in [2.45, 2.75) is 44.6 Å². The van der Waals surface area contributed by atoms with Gasteiger partial charge in [0, 0.05) is 24.0 Å². The minimum atomic E-state index is -0.913. The molecule has 1 aliphatic heterocycles. The SMILES string of the molecule is COc1ccc(N(CC2CCNCC2)c2cccc(C(=O)O)c2)cc1OC1CCCC1. The Balaban J connectivity index is 1.68. The fourth-order valence-electron chi connectivity index (χ4n) is 4.60. The van der Waals surface area contributed by atoms with Gasteiger partial charge < -0.3 is 24.8 Å². The van der Waals surface area contributed by atoms with Crippen LogP contribution in [0, 0.1) is 5.92 Å². The van der Waals surface area contributed by atoms with Gasteiger partial charge in [0.1, 0.15) is 0 Å². The van der Waals surface area contributed by atoms with Gasteiger partial charge in [-0.3, -0.25) is 0 Å². The maximum atomic E-state index is 11.6. The summed E-state index contributed by atoms with van der Waals surface area (Å²) in [5.41, 5.74) is 2.18. The number of carboxylic acid groups (broad SMARTS) is 1. The van der Waals surface area contributed by atoms with Crippen molar-refractivity contribution >= 4 is 17.3 Å². The zero-order valence-electron chi connectivity index (χ0n) is 18.2. The highest BCUT2D eigenvalue weighted by Gasteiger charge is 2.23. The highest BCUT2D eigenvalue weighted by Crippen LogP contribution is 2.38. The minimum absolute atomic E-state index is 0.234. The number of hydrogen-bond acceptors (Lipinski definition) is 5. The van der Waals surface area contributed by atoms with Crippen LogP contribution < -0.4 is 19.7 Å². The minimum Gasteiger partial charge on any atom is -0.493 e. The number of anilines is 2. The number of methoxy groups -OCH3 is 1. The van der Waals surface area contributed by atoms with E-state index in [1.165, 1.54) is 12.8 Å². The third-order valence-electron chi connectivity index (χ3n) is 6.36. The van der Waals surface area contributed by atoms with Gasteiger partial charge in [-0.1, -0.05) is 6.07 Å². The lowest BCUT2D eigenvalue weighted by molar-refractivity contribution is 0.0697. The first kappa shape index (κ1) is 21.5. The molecule has 0 bridgehead atoms. The van der Waals surface area contributed by atoms with Gasteiger partial charge in [0.2, 0.25) is 0 Å². The molecule has 2 aromatic carbocycles. The second-order valence-electron chi connectivity index (χ2n) is 8.52. The predicted octanol–water partition coefficient (Wildman–Crippen LogP) is 4.85. The Morgan fingerprint density at radius 2 is 1.77 bits per heavy atom. The summed E-state index contributed by atoms with van der Waals surface area (Å²) < 4.78 is 11.9. The van der Waals surface area contributed by atoms with Gasteiger partial charge in [0.25, 0.3) is 0 Å². The van der Waals surface area contributed by atoms with E-state index in [4.69, 9.17) is 9.47 Å². The quantitative estimate of drug-likeness (QED) is 0.631. The van der Waals surface area contributed by atoms with Crippen LogP contribution in [0.4, 0.5) is 11.4 Å². The monoisotopic (exact) mass is 424 g/mol. The summed E-state index contributed by atoms with van der Waals surface area (Å²) in [7, 11) is 1.67. The molecule has 0 unspecified atom stereocenters. The number of nitrogens with one attached hydrogen (secondary N) is 1. The van der Waals surface area contributed by atoms with Gasteiger partial charge in [0.15, 0.2) is 11.5 Å². The largest absolute Gasteiger partial charge is 0.493 e. The lowest BCUT2D eigenvalue weighted by atomic mass is 9.96. The topological polar surface area (TPSA) is 71.0 Å². The van der Waals surface area contributed by atoms with Gasteiger partial charge in [-0.15, -0.1) is 0 Å². The number of nitrogens with zero attached hydrogens (tertiary/aromatic N) is 1. The molecule has 166 valence electrons. The zero-order chi connectivity index (χ0) is 21.6. The van der Waals surface area contributed by atoms with Crippen molar-refractivity contribution in [3.05, 3.63) is 48.0 Å². The molecular formula is C25H32N2O4. The van der Waals surface area contributed by atoms with Crippen molar-refractivity contribution in [3.8, 4) is 11.5 Å². The van der Waals surface area contributed by atoms with Crippen LogP contribution in [0.1, 0.15) is 48.9 Å². The molecule has 2 N–H and O–H groups in total. The Morgan fingerprint density at radius 3 is 2.48 bits per heavy atom. The van der Waals surface area contributed by atoms with Crippen LogP contribution in [0.2, 0.25) is 0 Å². The first-order valence-corrected chi connectivity index (χ1v) is 11.3. The lowest BCUT2D eigenvalue weighted by Gasteiger charge is -2.32. The summed E-state index contributed by atoms with van der Waals surface area (Å²) in [6.07, 6.45) is 7.01. The van der Waals surface area contributed by atoms with E-state index in [2.05, 4.69) is 10.2 Å². The van der Waals surface area contributed by atoms with E-state index in [0.29, 0.717) is 11.5 Å². The standard InChI is InChI=1S/C25H32N2O4/c1-30-23-10-9-21(16-24(23)31-22-7-2-3-8-22)27(17-18-11-13-26-14-12-18)20-6-4-5-19(15-20)25(28)29/h4-6,9-10,15-16,18,22,26H,2-3,7-8,11-14,17H2,1H3,(H,28,29). The average Bonchev–Trinajstić information content (AvgIpc) is 3.31. The number of carboxylic acids is 1. The highest BCUT2D eigenvalue weighted by atomic mass is 16.5. The molecule has 2 aromatic rings. The van der Waals surface area contributed by atoms with Crippen molar-refractivity contribution < 1.29 is 19.4 Å². The number of rotatable bonds is 8. The molecule has 1 saturated carbocycles. The van der Waals surface area contributed by atoms with Crippen LogP contribution in [-0.4, -0.2) is 43.9 Å². The molecule has 0 atom stereocenters. The maximum Gasteiger partial charge on any atom is 0.335 e. The molecule has 0 radical (unpaired) electrons. The van der Waals surface area contributed by atoms with Gasteiger partial charge in [-0.2, -0.15) is 0 Å². The first-order valence-electron chi connectivity index (χ1n) is 11.3. The molecule has 0 amide bonds. The molecule has 2 aliphatic rings. The molecule has 4 rings (SSSR count). The summed E-state index contributed by atoms with van der Waals surface area (Å²) >= 11 is 0. The number of benzene rings is 2. The van der Waals surface area contributed by atoms with Crippen LogP contribution in [0.25, 0.3) is 0 Å². The normalized spacial score (nSPS) is 17.5. The number of piperidine rings is 1. The van der Waals surface area contributed by atoms with Crippen molar-refractivity contribution in [2.75, 3.05) is 31.6 Å². The average molecular weight is 425 g/mol.